The number of Topliss-reactive ketones (excluding diaryl/α,β-unsaturated/α-hetero) is 1. The number of benzene rings is 2. The van der Waals surface area contributed by atoms with Crippen molar-refractivity contribution in [1.29, 1.82) is 0 Å². The number of furan rings is 1. The van der Waals surface area contributed by atoms with E-state index in [1.165, 1.54) is 11.1 Å². The number of anilines is 1. The number of aryl methyl sites for hydroxylation is 1. The number of fused-ring (bicyclic) bond motifs is 2. The number of ketones is 1. The number of hydrogen-bond acceptors (Lipinski definition) is 4. The van der Waals surface area contributed by atoms with Crippen molar-refractivity contribution in [3.63, 3.8) is 0 Å². The van der Waals surface area contributed by atoms with Crippen LogP contribution >= 0.6 is 0 Å². The molecule has 0 bridgehead atoms. The molecule has 0 fully saturated rings. The van der Waals surface area contributed by atoms with Crippen molar-refractivity contribution in [2.24, 2.45) is 0 Å². The van der Waals surface area contributed by atoms with Gasteiger partial charge in [0.2, 0.25) is 5.71 Å². The molecule has 4 aromatic rings. The fraction of sp³-hybridized carbons (Fsp3) is 0.167. The van der Waals surface area contributed by atoms with Crippen LogP contribution in [0.1, 0.15) is 39.5 Å². The minimum atomic E-state index is 0.0591. The molecule has 4 nitrogen and oxygen atoms in total. The largest absolute Gasteiger partial charge is 0.438 e. The predicted molar refractivity (Wildman–Crippen MR) is 110 cm³/mol. The molecule has 4 heteroatoms. The van der Waals surface area contributed by atoms with Crippen molar-refractivity contribution in [3.05, 3.63) is 83.0 Å². The SMILES string of the molecule is Cc1ccccc1[C@@H]1CC(=O)c2c(nc3oc(-c4ccccc4)cc3c2N)C1. The van der Waals surface area contributed by atoms with Crippen LogP contribution in [0.15, 0.2) is 65.1 Å². The number of aromatic nitrogens is 1. The second-order valence-corrected chi connectivity index (χ2v) is 7.43. The first-order chi connectivity index (χ1) is 13.6. The number of carbonyl (C=O) groups is 1. The van der Waals surface area contributed by atoms with E-state index >= 15 is 0 Å². The normalized spacial score (nSPS) is 16.3. The third-order valence-corrected chi connectivity index (χ3v) is 5.63. The van der Waals surface area contributed by atoms with E-state index in [1.54, 1.807) is 0 Å². The molecule has 2 N–H and O–H groups in total. The first-order valence-corrected chi connectivity index (χ1v) is 9.48. The van der Waals surface area contributed by atoms with Crippen LogP contribution in [0.25, 0.3) is 22.4 Å². The van der Waals surface area contributed by atoms with E-state index in [0.29, 0.717) is 41.0 Å². The molecule has 2 aromatic heterocycles. The van der Waals surface area contributed by atoms with Crippen LogP contribution in [0, 0.1) is 6.92 Å². The van der Waals surface area contributed by atoms with Crippen molar-refractivity contribution in [1.82, 2.24) is 4.98 Å². The van der Waals surface area contributed by atoms with Gasteiger partial charge in [-0.3, -0.25) is 4.79 Å². The van der Waals surface area contributed by atoms with Gasteiger partial charge in [0.15, 0.2) is 5.78 Å². The zero-order chi connectivity index (χ0) is 19.3. The maximum absolute atomic E-state index is 13.0. The molecule has 0 radical (unpaired) electrons. The summed E-state index contributed by atoms with van der Waals surface area (Å²) in [5.41, 5.74) is 12.1. The molecule has 2 heterocycles. The Hall–Kier alpha value is -3.40. The first kappa shape index (κ1) is 16.8. The summed E-state index contributed by atoms with van der Waals surface area (Å²) in [5, 5.41) is 0.709. The number of pyridine rings is 1. The van der Waals surface area contributed by atoms with Crippen LogP contribution in [-0.4, -0.2) is 10.8 Å². The molecular weight excluding hydrogens is 348 g/mol. The lowest BCUT2D eigenvalue weighted by Gasteiger charge is -2.25. The lowest BCUT2D eigenvalue weighted by Crippen LogP contribution is -2.22. The summed E-state index contributed by atoms with van der Waals surface area (Å²) < 4.78 is 6.00. The number of hydrogen-bond donors (Lipinski definition) is 1. The summed E-state index contributed by atoms with van der Waals surface area (Å²) >= 11 is 0. The highest BCUT2D eigenvalue weighted by molar-refractivity contribution is 6.09. The lowest BCUT2D eigenvalue weighted by molar-refractivity contribution is 0.0964. The van der Waals surface area contributed by atoms with E-state index in [0.717, 1.165) is 11.3 Å². The molecule has 5 rings (SSSR count). The number of nitrogen functional groups attached to an aromatic ring is 1. The first-order valence-electron chi connectivity index (χ1n) is 9.48. The summed E-state index contributed by atoms with van der Waals surface area (Å²) in [6.07, 6.45) is 1.14. The van der Waals surface area contributed by atoms with Gasteiger partial charge in [0.25, 0.3) is 0 Å². The lowest BCUT2D eigenvalue weighted by atomic mass is 9.79. The minimum Gasteiger partial charge on any atom is -0.438 e. The van der Waals surface area contributed by atoms with Crippen LogP contribution < -0.4 is 5.73 Å². The van der Waals surface area contributed by atoms with Gasteiger partial charge in [-0.15, -0.1) is 0 Å². The van der Waals surface area contributed by atoms with E-state index in [1.807, 2.05) is 48.5 Å². The summed E-state index contributed by atoms with van der Waals surface area (Å²) in [4.78, 5) is 17.7. The van der Waals surface area contributed by atoms with Gasteiger partial charge >= 0.3 is 0 Å². The Balaban J connectivity index is 1.62. The Kier molecular flexibility index (Phi) is 3.79. The average molecular weight is 368 g/mol. The molecular formula is C24H20N2O2. The van der Waals surface area contributed by atoms with Crippen molar-refractivity contribution in [2.75, 3.05) is 5.73 Å². The molecule has 1 atom stereocenters. The van der Waals surface area contributed by atoms with Gasteiger partial charge in [0, 0.05) is 12.0 Å². The summed E-state index contributed by atoms with van der Waals surface area (Å²) in [5.74, 6) is 0.887. The quantitative estimate of drug-likeness (QED) is 0.521. The Bertz CT molecular complexity index is 1210. The Morgan fingerprint density at radius 3 is 2.57 bits per heavy atom. The molecule has 0 spiro atoms. The van der Waals surface area contributed by atoms with E-state index in [4.69, 9.17) is 15.1 Å². The third kappa shape index (κ3) is 2.61. The van der Waals surface area contributed by atoms with Gasteiger partial charge < -0.3 is 10.2 Å². The molecule has 1 aliphatic carbocycles. The zero-order valence-electron chi connectivity index (χ0n) is 15.6. The standard InChI is InChI=1S/C24H20N2O2/c1-14-7-5-6-10-17(14)16-11-19-22(20(27)12-16)23(25)18-13-21(28-24(18)26-19)15-8-3-2-4-9-15/h2-10,13,16H,11-12H2,1H3,(H2,25,26)/t16-/m0/s1. The molecule has 0 unspecified atom stereocenters. The number of nitrogens with two attached hydrogens (primary N) is 1. The second-order valence-electron chi connectivity index (χ2n) is 7.43. The molecule has 28 heavy (non-hydrogen) atoms. The number of rotatable bonds is 2. The highest BCUT2D eigenvalue weighted by Crippen LogP contribution is 2.39. The van der Waals surface area contributed by atoms with Gasteiger partial charge in [-0.25, -0.2) is 4.98 Å². The maximum Gasteiger partial charge on any atom is 0.229 e. The molecule has 1 aliphatic rings. The minimum absolute atomic E-state index is 0.0591. The van der Waals surface area contributed by atoms with Gasteiger partial charge in [-0.2, -0.15) is 0 Å². The highest BCUT2D eigenvalue weighted by Gasteiger charge is 2.31. The molecule has 0 aliphatic heterocycles. The maximum atomic E-state index is 13.0. The van der Waals surface area contributed by atoms with E-state index < -0.39 is 0 Å². The van der Waals surface area contributed by atoms with Crippen LogP contribution in [0.4, 0.5) is 5.69 Å². The number of nitrogens with zero attached hydrogens (tertiary/aromatic N) is 1. The van der Waals surface area contributed by atoms with Crippen molar-refractivity contribution < 1.29 is 9.21 Å². The van der Waals surface area contributed by atoms with Crippen molar-refractivity contribution in [2.45, 2.75) is 25.7 Å². The Morgan fingerprint density at radius 1 is 1.04 bits per heavy atom. The molecule has 0 amide bonds. The smallest absolute Gasteiger partial charge is 0.229 e. The Morgan fingerprint density at radius 2 is 1.79 bits per heavy atom. The van der Waals surface area contributed by atoms with Crippen molar-refractivity contribution in [3.8, 4) is 11.3 Å². The van der Waals surface area contributed by atoms with Crippen molar-refractivity contribution >= 4 is 22.6 Å². The van der Waals surface area contributed by atoms with E-state index in [-0.39, 0.29) is 11.7 Å². The predicted octanol–water partition coefficient (Wildman–Crippen LogP) is 5.30. The highest BCUT2D eigenvalue weighted by atomic mass is 16.3. The molecule has 2 aromatic carbocycles. The molecule has 138 valence electrons. The Labute approximate surface area is 163 Å². The van der Waals surface area contributed by atoms with Gasteiger partial charge in [-0.1, -0.05) is 54.6 Å². The fourth-order valence-electron chi connectivity index (χ4n) is 4.23. The van der Waals surface area contributed by atoms with Gasteiger partial charge in [0.1, 0.15) is 5.76 Å². The average Bonchev–Trinajstić information content (AvgIpc) is 3.13. The van der Waals surface area contributed by atoms with E-state index in [9.17, 15) is 4.79 Å². The zero-order valence-corrected chi connectivity index (χ0v) is 15.6. The topological polar surface area (TPSA) is 69.1 Å². The summed E-state index contributed by atoms with van der Waals surface area (Å²) in [6, 6.07) is 19.9. The fourth-order valence-corrected chi connectivity index (χ4v) is 4.23. The summed E-state index contributed by atoms with van der Waals surface area (Å²) in [6.45, 7) is 2.08. The summed E-state index contributed by atoms with van der Waals surface area (Å²) in [7, 11) is 0. The molecule has 0 saturated heterocycles. The second kappa shape index (κ2) is 6.34. The van der Waals surface area contributed by atoms with Crippen LogP contribution in [0.3, 0.4) is 0 Å². The number of carbonyl (C=O) groups excluding carboxylic acids is 1. The monoisotopic (exact) mass is 368 g/mol. The molecule has 0 saturated carbocycles. The van der Waals surface area contributed by atoms with Crippen LogP contribution in [0.5, 0.6) is 0 Å². The van der Waals surface area contributed by atoms with Crippen LogP contribution in [-0.2, 0) is 6.42 Å². The van der Waals surface area contributed by atoms with Crippen LogP contribution in [0.2, 0.25) is 0 Å². The third-order valence-electron chi connectivity index (χ3n) is 5.63. The van der Waals surface area contributed by atoms with E-state index in [2.05, 4.69) is 19.1 Å². The van der Waals surface area contributed by atoms with Gasteiger partial charge in [0.05, 0.1) is 22.3 Å². The van der Waals surface area contributed by atoms with Gasteiger partial charge in [-0.05, 0) is 36.5 Å².